The highest BCUT2D eigenvalue weighted by atomic mass is 32.2. The lowest BCUT2D eigenvalue weighted by atomic mass is 10.0. The van der Waals surface area contributed by atoms with Crippen molar-refractivity contribution in [3.05, 3.63) is 55.0 Å². The molecule has 0 radical (unpaired) electrons. The number of fused-ring (bicyclic) bond motifs is 1. The molecule has 1 saturated carbocycles. The van der Waals surface area contributed by atoms with Crippen molar-refractivity contribution < 1.29 is 9.22 Å². The largest absolute Gasteiger partial charge is 0.367 e. The molecule has 12 heteroatoms. The summed E-state index contributed by atoms with van der Waals surface area (Å²) in [6.45, 7) is 0.546. The first kappa shape index (κ1) is 25.5. The molecule has 186 valence electrons. The van der Waals surface area contributed by atoms with Crippen LogP contribution in [0.2, 0.25) is 0 Å². The third-order valence-electron chi connectivity index (χ3n) is 5.95. The Bertz CT molecular complexity index is 1260. The zero-order chi connectivity index (χ0) is 23.5. The summed E-state index contributed by atoms with van der Waals surface area (Å²) < 4.78 is 10.1. The number of rotatable bonds is 9. The molecule has 1 aliphatic rings. The van der Waals surface area contributed by atoms with E-state index in [1.54, 1.807) is 11.7 Å². The molecule has 0 saturated heterocycles. The molecule has 2 atom stereocenters. The van der Waals surface area contributed by atoms with Gasteiger partial charge in [0.15, 0.2) is 5.65 Å². The van der Waals surface area contributed by atoms with E-state index in [4.69, 9.17) is 20.2 Å². The van der Waals surface area contributed by atoms with Gasteiger partial charge in [-0.2, -0.15) is 32.6 Å². The van der Waals surface area contributed by atoms with Crippen LogP contribution in [0.15, 0.2) is 55.0 Å². The first-order valence-electron chi connectivity index (χ1n) is 11.2. The van der Waals surface area contributed by atoms with Gasteiger partial charge in [-0.15, -0.1) is 4.33 Å². The summed E-state index contributed by atoms with van der Waals surface area (Å²) in [5.41, 5.74) is 4.91. The number of aryl methyl sites for hydroxylation is 1. The highest BCUT2D eigenvalue weighted by Gasteiger charge is 2.26. The van der Waals surface area contributed by atoms with Crippen LogP contribution in [0.25, 0.3) is 28.0 Å². The number of aromatic nitrogens is 5. The quantitative estimate of drug-likeness (QED) is 0.0861. The normalized spacial score (nSPS) is 17.7. The van der Waals surface area contributed by atoms with Crippen LogP contribution in [0.3, 0.4) is 0 Å². The van der Waals surface area contributed by atoms with Crippen molar-refractivity contribution in [2.75, 3.05) is 19.0 Å². The summed E-state index contributed by atoms with van der Waals surface area (Å²) in [4.78, 5) is 9.79. The molecule has 0 spiro atoms. The third-order valence-corrected chi connectivity index (χ3v) is 6.34. The Labute approximate surface area is 215 Å². The van der Waals surface area contributed by atoms with E-state index in [0.29, 0.717) is 18.6 Å². The molecule has 5 rings (SSSR count). The molecule has 4 aromatic rings. The third kappa shape index (κ3) is 6.15. The number of nitrogens with one attached hydrogen (secondary N) is 1. The lowest BCUT2D eigenvalue weighted by Gasteiger charge is -2.15. The maximum Gasteiger partial charge on any atom is 0.157 e. The highest BCUT2D eigenvalue weighted by molar-refractivity contribution is 7.92. The molecule has 3 heterocycles. The molecular weight excluding hydrogens is 484 g/mol. The fraction of sp³-hybridized carbons (Fsp3) is 0.348. The van der Waals surface area contributed by atoms with Gasteiger partial charge < -0.3 is 5.32 Å². The first-order chi connectivity index (χ1) is 16.5. The van der Waals surface area contributed by atoms with Gasteiger partial charge in [0, 0.05) is 49.7 Å². The smallest absolute Gasteiger partial charge is 0.157 e. The minimum Gasteiger partial charge on any atom is -0.367 e. The van der Waals surface area contributed by atoms with Crippen LogP contribution in [-0.4, -0.2) is 48.5 Å². The molecule has 1 aromatic carbocycles. The molecule has 2 unspecified atom stereocenters. The van der Waals surface area contributed by atoms with Crippen molar-refractivity contribution in [1.29, 1.82) is 0 Å². The Morgan fingerprint density at radius 2 is 2.06 bits per heavy atom. The number of nitrogens with zero attached hydrogens (tertiary/aromatic N) is 6. The van der Waals surface area contributed by atoms with Crippen LogP contribution in [0.5, 0.6) is 0 Å². The molecule has 3 N–H and O–H groups in total. The number of hydrogen-bond acceptors (Lipinski definition) is 9. The molecule has 0 bridgehead atoms. The number of nitrogens with two attached hydrogens (primary N) is 1. The lowest BCUT2D eigenvalue weighted by Crippen LogP contribution is -2.19. The summed E-state index contributed by atoms with van der Waals surface area (Å²) in [5.74, 6) is 6.84. The Morgan fingerprint density at radius 3 is 2.86 bits per heavy atom. The average Bonchev–Trinajstić information content (AvgIpc) is 3.57. The van der Waals surface area contributed by atoms with Gasteiger partial charge in [0.1, 0.15) is 18.0 Å². The number of benzene rings is 1. The summed E-state index contributed by atoms with van der Waals surface area (Å²) >= 11 is 0.971. The molecule has 3 aromatic heterocycles. The van der Waals surface area contributed by atoms with Gasteiger partial charge in [0.2, 0.25) is 0 Å². The molecule has 35 heavy (non-hydrogen) atoms. The van der Waals surface area contributed by atoms with Gasteiger partial charge >= 0.3 is 0 Å². The van der Waals surface area contributed by atoms with E-state index < -0.39 is 0 Å². The van der Waals surface area contributed by atoms with Gasteiger partial charge in [0.05, 0.1) is 18.5 Å². The van der Waals surface area contributed by atoms with Crippen molar-refractivity contribution in [2.24, 2.45) is 18.8 Å². The van der Waals surface area contributed by atoms with Crippen LogP contribution in [0.1, 0.15) is 19.3 Å². The van der Waals surface area contributed by atoms with Gasteiger partial charge in [-0.1, -0.05) is 18.2 Å². The predicted molar refractivity (Wildman–Crippen MR) is 142 cm³/mol. The Morgan fingerprint density at radius 1 is 1.20 bits per heavy atom. The lowest BCUT2D eigenvalue weighted by molar-refractivity contribution is -0.203. The summed E-state index contributed by atoms with van der Waals surface area (Å²) in [7, 11) is 3.61. The fourth-order valence-corrected chi connectivity index (χ4v) is 4.53. The van der Waals surface area contributed by atoms with Crippen LogP contribution >= 0.6 is 25.7 Å². The molecule has 1 aliphatic carbocycles. The van der Waals surface area contributed by atoms with E-state index in [-0.39, 0.29) is 13.5 Å². The standard InChI is InChI=1S/C23H28N8O2S.H2S/c1-29-14-19(13-26-29)17-4-3-5-18(11-17)21-12-23-25-9-8-22(31(23)28-21)27-20-7-6-16(10-20)15-32-33-34-30(2)24;/h3-5,8-9,11-14,16,20,27H,6-7,10,15,24H2,1-2H3;1H2. The number of anilines is 1. The monoisotopic (exact) mass is 514 g/mol. The maximum absolute atomic E-state index is 5.48. The first-order valence-corrected chi connectivity index (χ1v) is 11.9. The highest BCUT2D eigenvalue weighted by Crippen LogP contribution is 2.30. The molecule has 0 aliphatic heterocycles. The van der Waals surface area contributed by atoms with E-state index in [1.807, 2.05) is 48.4 Å². The second kappa shape index (κ2) is 11.4. The van der Waals surface area contributed by atoms with E-state index in [9.17, 15) is 0 Å². The second-order valence-electron chi connectivity index (χ2n) is 8.61. The van der Waals surface area contributed by atoms with E-state index >= 15 is 0 Å². The van der Waals surface area contributed by atoms with Gasteiger partial charge in [-0.25, -0.2) is 9.87 Å². The topological polar surface area (TPSA) is 108 Å². The zero-order valence-electron chi connectivity index (χ0n) is 19.7. The van der Waals surface area contributed by atoms with Gasteiger partial charge in [0.25, 0.3) is 0 Å². The Kier molecular flexibility index (Phi) is 8.31. The SMILES string of the molecule is CN(N)SOOCC1CCC(Nc2ccnc3cc(-c4cccc(-c5cnn(C)c5)c4)nn23)C1.S. The van der Waals surface area contributed by atoms with Crippen LogP contribution in [0, 0.1) is 5.92 Å². The molecule has 10 nitrogen and oxygen atoms in total. The van der Waals surface area contributed by atoms with Crippen LogP contribution < -0.4 is 11.2 Å². The predicted octanol–water partition coefficient (Wildman–Crippen LogP) is 3.81. The summed E-state index contributed by atoms with van der Waals surface area (Å²) in [5, 5.41) is 12.8. The zero-order valence-corrected chi connectivity index (χ0v) is 21.5. The number of hydrogen-bond donors (Lipinski definition) is 2. The molecule has 1 fully saturated rings. The van der Waals surface area contributed by atoms with Crippen molar-refractivity contribution in [2.45, 2.75) is 25.3 Å². The number of hydrazine groups is 1. The Hall–Kier alpha value is -2.61. The van der Waals surface area contributed by atoms with Gasteiger partial charge in [-0.3, -0.25) is 10.5 Å². The van der Waals surface area contributed by atoms with Crippen LogP contribution in [0.4, 0.5) is 5.82 Å². The van der Waals surface area contributed by atoms with Crippen molar-refractivity contribution >= 4 is 37.2 Å². The minimum absolute atomic E-state index is 0. The summed E-state index contributed by atoms with van der Waals surface area (Å²) in [6, 6.07) is 12.7. The summed E-state index contributed by atoms with van der Waals surface area (Å²) in [6.07, 6.45) is 8.82. The van der Waals surface area contributed by atoms with Crippen LogP contribution in [-0.2, 0) is 16.3 Å². The fourth-order valence-electron chi connectivity index (χ4n) is 4.33. The molecular formula is C23H30N8O2S2. The van der Waals surface area contributed by atoms with Crippen molar-refractivity contribution in [1.82, 2.24) is 28.8 Å². The maximum atomic E-state index is 5.48. The second-order valence-corrected chi connectivity index (χ2v) is 9.47. The van der Waals surface area contributed by atoms with Crippen molar-refractivity contribution in [3.8, 4) is 22.4 Å². The average molecular weight is 515 g/mol. The van der Waals surface area contributed by atoms with E-state index in [0.717, 1.165) is 65.3 Å². The van der Waals surface area contributed by atoms with E-state index in [2.05, 4.69) is 33.6 Å². The molecule has 0 amide bonds. The van der Waals surface area contributed by atoms with Crippen molar-refractivity contribution in [3.63, 3.8) is 0 Å². The van der Waals surface area contributed by atoms with Gasteiger partial charge in [-0.05, 0) is 42.9 Å². The minimum atomic E-state index is 0. The van der Waals surface area contributed by atoms with E-state index in [1.165, 1.54) is 4.41 Å². The Balaban J connectivity index is 0.00000289.